The third kappa shape index (κ3) is 3.83. The van der Waals surface area contributed by atoms with E-state index < -0.39 is 0 Å². The molecule has 2 aromatic rings. The van der Waals surface area contributed by atoms with Gasteiger partial charge in [0, 0.05) is 37.5 Å². The normalized spacial score (nSPS) is 24.2. The van der Waals surface area contributed by atoms with E-state index in [0.29, 0.717) is 42.8 Å². The summed E-state index contributed by atoms with van der Waals surface area (Å²) in [5.74, 6) is 3.22. The minimum absolute atomic E-state index is 0.214. The molecule has 144 valence electrons. The number of carbonyl (C=O) groups is 1. The number of methoxy groups -OCH3 is 1. The summed E-state index contributed by atoms with van der Waals surface area (Å²) in [6.45, 7) is 1.70. The van der Waals surface area contributed by atoms with Crippen LogP contribution >= 0.6 is 0 Å². The van der Waals surface area contributed by atoms with Crippen LogP contribution in [0.4, 0.5) is 0 Å². The first kappa shape index (κ1) is 18.0. The molecular formula is C20H26N4O3. The average molecular weight is 370 g/mol. The van der Waals surface area contributed by atoms with E-state index in [4.69, 9.17) is 15.0 Å². The van der Waals surface area contributed by atoms with Gasteiger partial charge in [-0.05, 0) is 55.4 Å². The second kappa shape index (κ2) is 7.68. The molecule has 1 saturated heterocycles. The van der Waals surface area contributed by atoms with Crippen LogP contribution in [0.2, 0.25) is 0 Å². The van der Waals surface area contributed by atoms with Crippen molar-refractivity contribution in [3.63, 3.8) is 0 Å². The van der Waals surface area contributed by atoms with Crippen LogP contribution in [-0.2, 0) is 11.2 Å². The van der Waals surface area contributed by atoms with Gasteiger partial charge in [0.2, 0.25) is 17.6 Å². The number of carbonyl (C=O) groups excluding carboxylic acids is 1. The fourth-order valence-corrected chi connectivity index (χ4v) is 4.27. The lowest BCUT2D eigenvalue weighted by Crippen LogP contribution is -2.33. The molecule has 1 amide bonds. The highest BCUT2D eigenvalue weighted by Crippen LogP contribution is 2.37. The number of hydrogen-bond acceptors (Lipinski definition) is 6. The zero-order valence-corrected chi connectivity index (χ0v) is 15.6. The largest absolute Gasteiger partial charge is 0.497 e. The van der Waals surface area contributed by atoms with Crippen LogP contribution in [-0.4, -0.2) is 47.2 Å². The van der Waals surface area contributed by atoms with Crippen LogP contribution in [0.15, 0.2) is 28.8 Å². The van der Waals surface area contributed by atoms with Crippen LogP contribution in [0.25, 0.3) is 11.4 Å². The number of ether oxygens (including phenoxy) is 1. The molecule has 3 atom stereocenters. The van der Waals surface area contributed by atoms with Gasteiger partial charge in [0.1, 0.15) is 5.75 Å². The lowest BCUT2D eigenvalue weighted by atomic mass is 9.98. The molecule has 4 rings (SSSR count). The van der Waals surface area contributed by atoms with Gasteiger partial charge in [-0.25, -0.2) is 0 Å². The summed E-state index contributed by atoms with van der Waals surface area (Å²) in [5.41, 5.74) is 7.03. The predicted molar refractivity (Wildman–Crippen MR) is 100.0 cm³/mol. The molecule has 1 aromatic heterocycles. The van der Waals surface area contributed by atoms with Gasteiger partial charge in [-0.1, -0.05) is 5.16 Å². The highest BCUT2D eigenvalue weighted by atomic mass is 16.5. The maximum absolute atomic E-state index is 12.5. The van der Waals surface area contributed by atoms with Gasteiger partial charge in [-0.2, -0.15) is 4.98 Å². The SMILES string of the molecule is COc1ccc(-c2noc(CCCC(=O)N3CC4CCC(N)C4C3)n2)cc1. The molecule has 1 saturated carbocycles. The maximum Gasteiger partial charge on any atom is 0.226 e. The number of hydrogen-bond donors (Lipinski definition) is 1. The van der Waals surface area contributed by atoms with Crippen LogP contribution < -0.4 is 10.5 Å². The van der Waals surface area contributed by atoms with Crippen molar-refractivity contribution in [1.29, 1.82) is 0 Å². The first-order chi connectivity index (χ1) is 13.1. The standard InChI is InChI=1S/C20H26N4O3/c1-26-15-8-5-13(6-9-15)20-22-18(27-23-20)3-2-4-19(25)24-11-14-7-10-17(21)16(14)12-24/h5-6,8-9,14,16-17H,2-4,7,10-12,21H2,1H3. The summed E-state index contributed by atoms with van der Waals surface area (Å²) in [4.78, 5) is 18.9. The van der Waals surface area contributed by atoms with E-state index in [2.05, 4.69) is 10.1 Å². The Morgan fingerprint density at radius 3 is 2.85 bits per heavy atom. The van der Waals surface area contributed by atoms with Gasteiger partial charge in [0.25, 0.3) is 0 Å². The third-order valence-electron chi connectivity index (χ3n) is 5.86. The summed E-state index contributed by atoms with van der Waals surface area (Å²) < 4.78 is 10.5. The first-order valence-corrected chi connectivity index (χ1v) is 9.64. The Labute approximate surface area is 158 Å². The van der Waals surface area contributed by atoms with E-state index >= 15 is 0 Å². The Balaban J connectivity index is 1.26. The van der Waals surface area contributed by atoms with Crippen LogP contribution in [0, 0.1) is 11.8 Å². The smallest absolute Gasteiger partial charge is 0.226 e. The lowest BCUT2D eigenvalue weighted by Gasteiger charge is -2.18. The van der Waals surface area contributed by atoms with E-state index in [-0.39, 0.29) is 11.9 Å². The summed E-state index contributed by atoms with van der Waals surface area (Å²) in [6.07, 6.45) is 4.09. The first-order valence-electron chi connectivity index (χ1n) is 9.64. The second-order valence-corrected chi connectivity index (χ2v) is 7.56. The number of benzene rings is 1. The molecule has 7 heteroatoms. The second-order valence-electron chi connectivity index (χ2n) is 7.56. The van der Waals surface area contributed by atoms with Crippen LogP contribution in [0.1, 0.15) is 31.6 Å². The zero-order valence-electron chi connectivity index (χ0n) is 15.6. The number of fused-ring (bicyclic) bond motifs is 1. The number of likely N-dealkylation sites (tertiary alicyclic amines) is 1. The minimum Gasteiger partial charge on any atom is -0.497 e. The van der Waals surface area contributed by atoms with E-state index in [1.54, 1.807) is 7.11 Å². The van der Waals surface area contributed by atoms with Gasteiger partial charge in [-0.15, -0.1) is 0 Å². The molecule has 2 heterocycles. The Bertz CT molecular complexity index is 789. The van der Waals surface area contributed by atoms with Gasteiger partial charge >= 0.3 is 0 Å². The van der Waals surface area contributed by atoms with Crippen molar-refractivity contribution in [1.82, 2.24) is 15.0 Å². The summed E-state index contributed by atoms with van der Waals surface area (Å²) in [7, 11) is 1.63. The van der Waals surface area contributed by atoms with Crippen molar-refractivity contribution >= 4 is 5.91 Å². The van der Waals surface area contributed by atoms with Crippen molar-refractivity contribution in [2.45, 2.75) is 38.1 Å². The fourth-order valence-electron chi connectivity index (χ4n) is 4.27. The molecule has 0 bridgehead atoms. The van der Waals surface area contributed by atoms with Crippen molar-refractivity contribution in [3.8, 4) is 17.1 Å². The fraction of sp³-hybridized carbons (Fsp3) is 0.550. The van der Waals surface area contributed by atoms with Gasteiger partial charge in [0.05, 0.1) is 7.11 Å². The van der Waals surface area contributed by atoms with Gasteiger partial charge in [-0.3, -0.25) is 4.79 Å². The summed E-state index contributed by atoms with van der Waals surface area (Å²) in [5, 5.41) is 4.03. The molecule has 7 nitrogen and oxygen atoms in total. The molecule has 1 aliphatic carbocycles. The molecule has 1 aliphatic heterocycles. The molecule has 2 N–H and O–H groups in total. The summed E-state index contributed by atoms with van der Waals surface area (Å²) in [6, 6.07) is 7.78. The number of amides is 1. The Morgan fingerprint density at radius 2 is 2.11 bits per heavy atom. The Hall–Kier alpha value is -2.41. The molecule has 3 unspecified atom stereocenters. The lowest BCUT2D eigenvalue weighted by molar-refractivity contribution is -0.130. The quantitative estimate of drug-likeness (QED) is 0.838. The summed E-state index contributed by atoms with van der Waals surface area (Å²) >= 11 is 0. The molecule has 2 fully saturated rings. The van der Waals surface area contributed by atoms with Crippen molar-refractivity contribution < 1.29 is 14.1 Å². The highest BCUT2D eigenvalue weighted by Gasteiger charge is 2.42. The topological polar surface area (TPSA) is 94.5 Å². The van der Waals surface area contributed by atoms with Crippen LogP contribution in [0.3, 0.4) is 0 Å². The number of nitrogens with zero attached hydrogens (tertiary/aromatic N) is 3. The number of aryl methyl sites for hydroxylation is 1. The van der Waals surface area contributed by atoms with Crippen molar-refractivity contribution in [2.75, 3.05) is 20.2 Å². The molecule has 27 heavy (non-hydrogen) atoms. The van der Waals surface area contributed by atoms with Gasteiger partial charge < -0.3 is 19.9 Å². The Kier molecular flexibility index (Phi) is 5.11. The van der Waals surface area contributed by atoms with Crippen molar-refractivity contribution in [2.24, 2.45) is 17.6 Å². The van der Waals surface area contributed by atoms with Gasteiger partial charge in [0.15, 0.2) is 0 Å². The van der Waals surface area contributed by atoms with E-state index in [9.17, 15) is 4.79 Å². The minimum atomic E-state index is 0.214. The highest BCUT2D eigenvalue weighted by molar-refractivity contribution is 5.76. The Morgan fingerprint density at radius 1 is 1.30 bits per heavy atom. The van der Waals surface area contributed by atoms with Crippen molar-refractivity contribution in [3.05, 3.63) is 30.2 Å². The molecule has 0 spiro atoms. The van der Waals surface area contributed by atoms with E-state index in [1.807, 2.05) is 29.2 Å². The van der Waals surface area contributed by atoms with Crippen LogP contribution in [0.5, 0.6) is 5.75 Å². The van der Waals surface area contributed by atoms with E-state index in [1.165, 1.54) is 0 Å². The number of aromatic nitrogens is 2. The zero-order chi connectivity index (χ0) is 18.8. The monoisotopic (exact) mass is 370 g/mol. The number of rotatable bonds is 6. The van der Waals surface area contributed by atoms with E-state index in [0.717, 1.165) is 37.2 Å². The molecule has 2 aliphatic rings. The molecule has 0 radical (unpaired) electrons. The molecule has 1 aromatic carbocycles. The maximum atomic E-state index is 12.5. The predicted octanol–water partition coefficient (Wildman–Crippen LogP) is 2.26. The average Bonchev–Trinajstić information content (AvgIpc) is 3.40. The number of nitrogens with two attached hydrogens (primary N) is 1. The molecular weight excluding hydrogens is 344 g/mol. The third-order valence-corrected chi connectivity index (χ3v) is 5.86.